The molecular formula is C13H20N4O2S. The van der Waals surface area contributed by atoms with Crippen molar-refractivity contribution in [2.45, 2.75) is 37.0 Å². The molecule has 2 atom stereocenters. The molecule has 110 valence electrons. The van der Waals surface area contributed by atoms with Gasteiger partial charge in [0, 0.05) is 18.3 Å². The van der Waals surface area contributed by atoms with Crippen molar-refractivity contribution in [2.75, 3.05) is 23.9 Å². The van der Waals surface area contributed by atoms with E-state index >= 15 is 0 Å². The zero-order valence-electron chi connectivity index (χ0n) is 11.8. The van der Waals surface area contributed by atoms with E-state index in [0.717, 1.165) is 12.8 Å². The summed E-state index contributed by atoms with van der Waals surface area (Å²) in [5.74, 6) is 1.09. The number of anilines is 2. The third-order valence-electron chi connectivity index (χ3n) is 3.59. The first-order chi connectivity index (χ1) is 9.62. The molecule has 1 heterocycles. The first kappa shape index (κ1) is 14.9. The van der Waals surface area contributed by atoms with Crippen molar-refractivity contribution in [1.29, 1.82) is 0 Å². The van der Waals surface area contributed by atoms with Crippen LogP contribution in [0.5, 0.6) is 0 Å². The Morgan fingerprint density at radius 3 is 2.80 bits per heavy atom. The smallest absolute Gasteiger partial charge is 0.276 e. The highest BCUT2D eigenvalue weighted by Gasteiger charge is 2.22. The SMILES string of the molecule is CNc1cc([N+](=O)[O-])cc(NC2CCCC(SC)C2)n1. The maximum atomic E-state index is 10.9. The van der Waals surface area contributed by atoms with Crippen LogP contribution in [-0.4, -0.2) is 34.5 Å². The summed E-state index contributed by atoms with van der Waals surface area (Å²) in [6.45, 7) is 0. The zero-order chi connectivity index (χ0) is 14.5. The van der Waals surface area contributed by atoms with Crippen molar-refractivity contribution >= 4 is 29.1 Å². The molecule has 7 heteroatoms. The van der Waals surface area contributed by atoms with E-state index in [-0.39, 0.29) is 10.6 Å². The summed E-state index contributed by atoms with van der Waals surface area (Å²) in [6, 6.07) is 3.29. The molecule has 2 unspecified atom stereocenters. The van der Waals surface area contributed by atoms with Crippen molar-refractivity contribution in [2.24, 2.45) is 0 Å². The van der Waals surface area contributed by atoms with Gasteiger partial charge in [-0.1, -0.05) is 6.42 Å². The monoisotopic (exact) mass is 296 g/mol. The van der Waals surface area contributed by atoms with Gasteiger partial charge in [-0.05, 0) is 25.5 Å². The van der Waals surface area contributed by atoms with Crippen molar-refractivity contribution in [3.63, 3.8) is 0 Å². The fourth-order valence-electron chi connectivity index (χ4n) is 2.52. The van der Waals surface area contributed by atoms with Gasteiger partial charge in [0.05, 0.1) is 17.1 Å². The molecule has 0 saturated heterocycles. The summed E-state index contributed by atoms with van der Waals surface area (Å²) < 4.78 is 0. The van der Waals surface area contributed by atoms with Crippen molar-refractivity contribution in [3.05, 3.63) is 22.2 Å². The number of nitrogens with one attached hydrogen (secondary N) is 2. The fraction of sp³-hybridized carbons (Fsp3) is 0.615. The second-order valence-electron chi connectivity index (χ2n) is 4.97. The van der Waals surface area contributed by atoms with Crippen LogP contribution in [0.2, 0.25) is 0 Å². The van der Waals surface area contributed by atoms with Crippen molar-refractivity contribution in [3.8, 4) is 0 Å². The van der Waals surface area contributed by atoms with E-state index in [2.05, 4.69) is 21.9 Å². The lowest BCUT2D eigenvalue weighted by atomic mass is 9.95. The number of aromatic nitrogens is 1. The quantitative estimate of drug-likeness (QED) is 0.642. The number of hydrogen-bond acceptors (Lipinski definition) is 6. The summed E-state index contributed by atoms with van der Waals surface area (Å²) in [4.78, 5) is 14.9. The van der Waals surface area contributed by atoms with Crippen LogP contribution in [0.4, 0.5) is 17.3 Å². The van der Waals surface area contributed by atoms with Crippen LogP contribution < -0.4 is 10.6 Å². The Bertz CT molecular complexity index is 483. The van der Waals surface area contributed by atoms with Crippen LogP contribution in [-0.2, 0) is 0 Å². The third-order valence-corrected chi connectivity index (χ3v) is 4.68. The van der Waals surface area contributed by atoms with E-state index in [1.807, 2.05) is 11.8 Å². The summed E-state index contributed by atoms with van der Waals surface area (Å²) >= 11 is 1.89. The molecule has 1 fully saturated rings. The Kier molecular flexibility index (Phi) is 5.05. The van der Waals surface area contributed by atoms with Gasteiger partial charge in [-0.3, -0.25) is 10.1 Å². The highest BCUT2D eigenvalue weighted by molar-refractivity contribution is 7.99. The maximum Gasteiger partial charge on any atom is 0.276 e. The average molecular weight is 296 g/mol. The minimum Gasteiger partial charge on any atom is -0.373 e. The van der Waals surface area contributed by atoms with E-state index < -0.39 is 0 Å². The summed E-state index contributed by atoms with van der Waals surface area (Å²) in [5.41, 5.74) is 0.0593. The highest BCUT2D eigenvalue weighted by Crippen LogP contribution is 2.29. The molecule has 1 aliphatic carbocycles. The molecular weight excluding hydrogens is 276 g/mol. The van der Waals surface area contributed by atoms with Crippen molar-refractivity contribution < 1.29 is 4.92 Å². The Morgan fingerprint density at radius 1 is 1.40 bits per heavy atom. The molecule has 6 nitrogen and oxygen atoms in total. The van der Waals surface area contributed by atoms with Crippen LogP contribution in [0, 0.1) is 10.1 Å². The molecule has 0 radical (unpaired) electrons. The lowest BCUT2D eigenvalue weighted by molar-refractivity contribution is -0.384. The van der Waals surface area contributed by atoms with E-state index in [1.54, 1.807) is 7.05 Å². The first-order valence-electron chi connectivity index (χ1n) is 6.76. The molecule has 1 saturated carbocycles. The lowest BCUT2D eigenvalue weighted by Gasteiger charge is -2.29. The molecule has 0 spiro atoms. The highest BCUT2D eigenvalue weighted by atomic mass is 32.2. The van der Waals surface area contributed by atoms with Crippen LogP contribution in [0.3, 0.4) is 0 Å². The molecule has 1 aromatic heterocycles. The minimum absolute atomic E-state index is 0.0593. The van der Waals surface area contributed by atoms with Crippen LogP contribution >= 0.6 is 11.8 Å². The Labute approximate surface area is 122 Å². The summed E-state index contributed by atoms with van der Waals surface area (Å²) in [6.07, 6.45) is 6.76. The molecule has 0 amide bonds. The minimum atomic E-state index is -0.390. The van der Waals surface area contributed by atoms with Gasteiger partial charge < -0.3 is 10.6 Å². The number of rotatable bonds is 5. The third kappa shape index (κ3) is 3.75. The summed E-state index contributed by atoms with van der Waals surface area (Å²) in [7, 11) is 1.71. The molecule has 0 bridgehead atoms. The molecule has 1 aliphatic rings. The molecule has 0 aromatic carbocycles. The fourth-order valence-corrected chi connectivity index (χ4v) is 3.35. The Balaban J connectivity index is 2.11. The largest absolute Gasteiger partial charge is 0.373 e. The van der Waals surface area contributed by atoms with Gasteiger partial charge in [-0.25, -0.2) is 4.98 Å². The first-order valence-corrected chi connectivity index (χ1v) is 8.04. The van der Waals surface area contributed by atoms with E-state index in [4.69, 9.17) is 0 Å². The Hall–Kier alpha value is -1.50. The van der Waals surface area contributed by atoms with Crippen LogP contribution in [0.25, 0.3) is 0 Å². The Morgan fingerprint density at radius 2 is 2.15 bits per heavy atom. The van der Waals surface area contributed by atoms with Gasteiger partial charge in [0.1, 0.15) is 11.6 Å². The second kappa shape index (κ2) is 6.78. The van der Waals surface area contributed by atoms with Crippen molar-refractivity contribution in [1.82, 2.24) is 4.98 Å². The van der Waals surface area contributed by atoms with Gasteiger partial charge in [-0.15, -0.1) is 0 Å². The lowest BCUT2D eigenvalue weighted by Crippen LogP contribution is -2.28. The van der Waals surface area contributed by atoms with Gasteiger partial charge in [0.25, 0.3) is 5.69 Å². The number of nitrogens with zero attached hydrogens (tertiary/aromatic N) is 2. The normalized spacial score (nSPS) is 22.3. The van der Waals surface area contributed by atoms with E-state index in [1.165, 1.54) is 25.0 Å². The molecule has 1 aromatic rings. The maximum absolute atomic E-state index is 10.9. The van der Waals surface area contributed by atoms with Gasteiger partial charge in [0.2, 0.25) is 0 Å². The average Bonchev–Trinajstić information content (AvgIpc) is 2.47. The number of pyridine rings is 1. The van der Waals surface area contributed by atoms with Crippen LogP contribution in [0.1, 0.15) is 25.7 Å². The standard InChI is InChI=1S/C13H20N4O2S/c1-14-12-7-10(17(18)19)8-13(16-12)15-9-4-3-5-11(6-9)20-2/h7-9,11H,3-6H2,1-2H3,(H2,14,15,16). The summed E-state index contributed by atoms with van der Waals surface area (Å²) in [5, 5.41) is 17.8. The molecule has 0 aliphatic heterocycles. The van der Waals surface area contributed by atoms with Gasteiger partial charge in [-0.2, -0.15) is 11.8 Å². The number of thioether (sulfide) groups is 1. The van der Waals surface area contributed by atoms with Gasteiger partial charge >= 0.3 is 0 Å². The second-order valence-corrected chi connectivity index (χ2v) is 6.11. The predicted molar refractivity (Wildman–Crippen MR) is 83.6 cm³/mol. The number of nitro groups is 1. The van der Waals surface area contributed by atoms with E-state index in [0.29, 0.717) is 22.9 Å². The van der Waals surface area contributed by atoms with Crippen LogP contribution in [0.15, 0.2) is 12.1 Å². The molecule has 2 rings (SSSR count). The topological polar surface area (TPSA) is 80.1 Å². The number of hydrogen-bond donors (Lipinski definition) is 2. The molecule has 20 heavy (non-hydrogen) atoms. The van der Waals surface area contributed by atoms with E-state index in [9.17, 15) is 10.1 Å². The van der Waals surface area contributed by atoms with Gasteiger partial charge in [0.15, 0.2) is 0 Å². The predicted octanol–water partition coefficient (Wildman–Crippen LogP) is 3.12. The molecule has 2 N–H and O–H groups in total. The zero-order valence-corrected chi connectivity index (χ0v) is 12.6.